The van der Waals surface area contributed by atoms with Crippen molar-refractivity contribution < 1.29 is 0 Å². The monoisotopic (exact) mass is 332 g/mol. The van der Waals surface area contributed by atoms with E-state index < -0.39 is 0 Å². The summed E-state index contributed by atoms with van der Waals surface area (Å²) in [5, 5.41) is 15.6. The van der Waals surface area contributed by atoms with E-state index in [1.165, 1.54) is 5.56 Å². The van der Waals surface area contributed by atoms with Gasteiger partial charge in [0.05, 0.1) is 11.0 Å². The normalized spacial score (nSPS) is 16.9. The molecule has 8 nitrogen and oxygen atoms in total. The molecule has 25 heavy (non-hydrogen) atoms. The highest BCUT2D eigenvalue weighted by Gasteiger charge is 2.22. The van der Waals surface area contributed by atoms with Crippen molar-refractivity contribution in [1.82, 2.24) is 35.0 Å². The second kappa shape index (κ2) is 5.44. The summed E-state index contributed by atoms with van der Waals surface area (Å²) in [5.74, 6) is 1.54. The summed E-state index contributed by atoms with van der Waals surface area (Å²) in [4.78, 5) is 13.6. The first-order valence-electron chi connectivity index (χ1n) is 8.33. The number of nitrogens with one attached hydrogen (secondary N) is 1. The second-order valence-electron chi connectivity index (χ2n) is 6.34. The van der Waals surface area contributed by atoms with E-state index in [1.807, 2.05) is 37.4 Å². The lowest BCUT2D eigenvalue weighted by Crippen LogP contribution is -2.29. The molecule has 0 amide bonds. The van der Waals surface area contributed by atoms with Gasteiger partial charge in [-0.2, -0.15) is 4.52 Å². The molecule has 1 atom stereocenters. The van der Waals surface area contributed by atoms with Crippen molar-refractivity contribution in [3.63, 3.8) is 0 Å². The fourth-order valence-corrected chi connectivity index (χ4v) is 3.43. The Balaban J connectivity index is 1.51. The predicted molar refractivity (Wildman–Crippen MR) is 92.3 cm³/mol. The van der Waals surface area contributed by atoms with E-state index in [2.05, 4.69) is 30.8 Å². The van der Waals surface area contributed by atoms with Gasteiger partial charge in [0.15, 0.2) is 5.82 Å². The molecule has 8 heteroatoms. The van der Waals surface area contributed by atoms with Crippen LogP contribution >= 0.6 is 0 Å². The van der Waals surface area contributed by atoms with Gasteiger partial charge >= 0.3 is 0 Å². The number of hydrogen-bond acceptors (Lipinski definition) is 7. The largest absolute Gasteiger partial charge is 0.364 e. The zero-order valence-corrected chi connectivity index (χ0v) is 13.7. The summed E-state index contributed by atoms with van der Waals surface area (Å²) in [6.07, 6.45) is 4.74. The number of nitrogens with zero attached hydrogens (tertiary/aromatic N) is 7. The molecule has 0 spiro atoms. The molecule has 1 unspecified atom stereocenters. The van der Waals surface area contributed by atoms with Gasteiger partial charge in [0.1, 0.15) is 5.82 Å². The molecule has 4 aromatic rings. The van der Waals surface area contributed by atoms with E-state index in [9.17, 15) is 0 Å². The van der Waals surface area contributed by atoms with Crippen molar-refractivity contribution in [1.29, 1.82) is 0 Å². The van der Waals surface area contributed by atoms with Gasteiger partial charge in [0.25, 0.3) is 0 Å². The number of tetrazole rings is 1. The Kier molecular flexibility index (Phi) is 3.09. The van der Waals surface area contributed by atoms with Crippen LogP contribution in [0.3, 0.4) is 0 Å². The standard InChI is InChI=1S/C17H16N8/c1-10-18-9-11-8-12(6-7-13(11)19-10)20-16-17-22-23-24-25(17)15-5-3-2-4-14(15)21-16/h2-5,9,12H,6-8H2,1H3,(H,20,21). The van der Waals surface area contributed by atoms with E-state index in [-0.39, 0.29) is 6.04 Å². The Morgan fingerprint density at radius 1 is 1.20 bits per heavy atom. The lowest BCUT2D eigenvalue weighted by molar-refractivity contribution is 0.591. The summed E-state index contributed by atoms with van der Waals surface area (Å²) in [5.41, 5.74) is 4.76. The molecule has 1 aliphatic rings. The summed E-state index contributed by atoms with van der Waals surface area (Å²) in [6, 6.07) is 8.11. The van der Waals surface area contributed by atoms with E-state index in [0.29, 0.717) is 11.5 Å². The predicted octanol–water partition coefficient (Wildman–Crippen LogP) is 1.74. The van der Waals surface area contributed by atoms with E-state index >= 15 is 0 Å². The van der Waals surface area contributed by atoms with Gasteiger partial charge in [0.2, 0.25) is 5.65 Å². The quantitative estimate of drug-likeness (QED) is 0.597. The van der Waals surface area contributed by atoms with Gasteiger partial charge in [-0.1, -0.05) is 12.1 Å². The van der Waals surface area contributed by atoms with E-state index in [0.717, 1.165) is 41.8 Å². The Hall–Kier alpha value is -3.16. The highest BCUT2D eigenvalue weighted by Crippen LogP contribution is 2.24. The number of aryl methyl sites for hydroxylation is 2. The number of fused-ring (bicyclic) bond motifs is 4. The van der Waals surface area contributed by atoms with Gasteiger partial charge in [-0.3, -0.25) is 0 Å². The average molecular weight is 332 g/mol. The third-order valence-corrected chi connectivity index (χ3v) is 4.63. The molecular formula is C17H16N8. The maximum absolute atomic E-state index is 4.73. The van der Waals surface area contributed by atoms with Crippen LogP contribution in [0.4, 0.5) is 5.82 Å². The molecule has 0 fully saturated rings. The fourth-order valence-electron chi connectivity index (χ4n) is 3.43. The number of aromatic nitrogens is 7. The molecule has 0 radical (unpaired) electrons. The third-order valence-electron chi connectivity index (χ3n) is 4.63. The van der Waals surface area contributed by atoms with Crippen LogP contribution in [0.5, 0.6) is 0 Å². The maximum atomic E-state index is 4.73. The lowest BCUT2D eigenvalue weighted by atomic mass is 9.93. The summed E-state index contributed by atoms with van der Waals surface area (Å²) in [7, 11) is 0. The van der Waals surface area contributed by atoms with Gasteiger partial charge in [-0.25, -0.2) is 15.0 Å². The van der Waals surface area contributed by atoms with Crippen molar-refractivity contribution in [3.05, 3.63) is 47.5 Å². The molecule has 1 aliphatic carbocycles. The summed E-state index contributed by atoms with van der Waals surface area (Å²) < 4.78 is 1.73. The van der Waals surface area contributed by atoms with Crippen LogP contribution in [0.2, 0.25) is 0 Å². The molecule has 0 saturated heterocycles. The first kappa shape index (κ1) is 14.2. The number of rotatable bonds is 2. The molecule has 1 aromatic carbocycles. The second-order valence-corrected chi connectivity index (χ2v) is 6.34. The van der Waals surface area contributed by atoms with Crippen LogP contribution in [0, 0.1) is 6.92 Å². The Bertz CT molecular complexity index is 1090. The SMILES string of the molecule is Cc1ncc2c(n1)CCC(Nc1nc3ccccc3n3nnnc13)C2. The molecule has 1 N–H and O–H groups in total. The zero-order chi connectivity index (χ0) is 16.8. The highest BCUT2D eigenvalue weighted by molar-refractivity contribution is 5.81. The van der Waals surface area contributed by atoms with Gasteiger partial charge in [0, 0.05) is 17.9 Å². The molecule has 0 aliphatic heterocycles. The van der Waals surface area contributed by atoms with Crippen LogP contribution < -0.4 is 5.32 Å². The molecule has 3 heterocycles. The number of para-hydroxylation sites is 2. The third kappa shape index (κ3) is 2.37. The minimum Gasteiger partial charge on any atom is -0.364 e. The first-order chi connectivity index (χ1) is 12.3. The van der Waals surface area contributed by atoms with Crippen LogP contribution in [-0.4, -0.2) is 41.0 Å². The van der Waals surface area contributed by atoms with Gasteiger partial charge < -0.3 is 5.32 Å². The Labute approximate surface area is 143 Å². The average Bonchev–Trinajstić information content (AvgIpc) is 3.12. The van der Waals surface area contributed by atoms with Crippen LogP contribution in [0.15, 0.2) is 30.5 Å². The Morgan fingerprint density at radius 2 is 2.12 bits per heavy atom. The van der Waals surface area contributed by atoms with Crippen molar-refractivity contribution in [2.45, 2.75) is 32.2 Å². The van der Waals surface area contributed by atoms with Crippen LogP contribution in [0.25, 0.3) is 16.7 Å². The topological polar surface area (TPSA) is 93.8 Å². The van der Waals surface area contributed by atoms with E-state index in [1.54, 1.807) is 4.52 Å². The van der Waals surface area contributed by atoms with Crippen LogP contribution in [0.1, 0.15) is 23.5 Å². The van der Waals surface area contributed by atoms with Gasteiger partial charge in [-0.05, 0) is 54.3 Å². The number of anilines is 1. The van der Waals surface area contributed by atoms with Crippen molar-refractivity contribution in [3.8, 4) is 0 Å². The van der Waals surface area contributed by atoms with Crippen LogP contribution in [-0.2, 0) is 12.8 Å². The van der Waals surface area contributed by atoms with Crippen molar-refractivity contribution >= 4 is 22.5 Å². The van der Waals surface area contributed by atoms with E-state index in [4.69, 9.17) is 4.98 Å². The molecule has 0 saturated carbocycles. The lowest BCUT2D eigenvalue weighted by Gasteiger charge is -2.25. The molecule has 124 valence electrons. The van der Waals surface area contributed by atoms with Gasteiger partial charge in [-0.15, -0.1) is 5.10 Å². The number of hydrogen-bond donors (Lipinski definition) is 1. The minimum absolute atomic E-state index is 0.257. The summed E-state index contributed by atoms with van der Waals surface area (Å²) in [6.45, 7) is 1.93. The maximum Gasteiger partial charge on any atom is 0.222 e. The molecule has 5 rings (SSSR count). The molecule has 3 aromatic heterocycles. The molecular weight excluding hydrogens is 316 g/mol. The smallest absolute Gasteiger partial charge is 0.222 e. The van der Waals surface area contributed by atoms with Crippen molar-refractivity contribution in [2.75, 3.05) is 5.32 Å². The minimum atomic E-state index is 0.257. The zero-order valence-electron chi connectivity index (χ0n) is 13.7. The highest BCUT2D eigenvalue weighted by atomic mass is 15.5. The van der Waals surface area contributed by atoms with Crippen molar-refractivity contribution in [2.24, 2.45) is 0 Å². The first-order valence-corrected chi connectivity index (χ1v) is 8.33. The molecule has 0 bridgehead atoms. The Morgan fingerprint density at radius 3 is 3.08 bits per heavy atom. The summed E-state index contributed by atoms with van der Waals surface area (Å²) >= 11 is 0. The number of benzene rings is 1. The fraction of sp³-hybridized carbons (Fsp3) is 0.294.